The Labute approximate surface area is 134 Å². The lowest BCUT2D eigenvalue weighted by atomic mass is 10.1. The van der Waals surface area contributed by atoms with Crippen LogP contribution in [0.3, 0.4) is 0 Å². The molecule has 0 saturated carbocycles. The van der Waals surface area contributed by atoms with Crippen molar-refractivity contribution < 1.29 is 9.53 Å². The summed E-state index contributed by atoms with van der Waals surface area (Å²) in [4.78, 5) is 14.6. The van der Waals surface area contributed by atoms with Gasteiger partial charge < -0.3 is 10.1 Å². The van der Waals surface area contributed by atoms with Crippen molar-refractivity contribution >= 4 is 11.7 Å². The van der Waals surface area contributed by atoms with Gasteiger partial charge in [0.25, 0.3) is 0 Å². The zero-order chi connectivity index (χ0) is 16.5. The Balaban J connectivity index is 2.71. The smallest absolute Gasteiger partial charge is 0.328 e. The Hall–Kier alpha value is -1.55. The number of carbonyl (C=O) groups excluding carboxylic acids is 1. The summed E-state index contributed by atoms with van der Waals surface area (Å²) < 4.78 is 5.21. The molecule has 0 saturated heterocycles. The minimum absolute atomic E-state index is 0.182. The van der Waals surface area contributed by atoms with Crippen molar-refractivity contribution in [2.45, 2.75) is 59.2 Å². The first-order chi connectivity index (χ1) is 10.5. The van der Waals surface area contributed by atoms with E-state index in [-0.39, 0.29) is 12.0 Å². The van der Waals surface area contributed by atoms with Crippen molar-refractivity contribution in [3.8, 4) is 0 Å². The van der Waals surface area contributed by atoms with Gasteiger partial charge in [0.15, 0.2) is 0 Å². The van der Waals surface area contributed by atoms with E-state index in [2.05, 4.69) is 37.9 Å². The van der Waals surface area contributed by atoms with Gasteiger partial charge in [0.2, 0.25) is 0 Å². The fraction of sp³-hybridized carbons (Fsp3) is 0.611. The van der Waals surface area contributed by atoms with Crippen molar-refractivity contribution in [2.24, 2.45) is 0 Å². The summed E-state index contributed by atoms with van der Waals surface area (Å²) in [7, 11) is 0. The lowest BCUT2D eigenvalue weighted by Gasteiger charge is -2.31. The van der Waals surface area contributed by atoms with Crippen molar-refractivity contribution in [2.75, 3.05) is 18.5 Å². The number of nitrogens with one attached hydrogen (secondary N) is 1. The number of para-hydroxylation sites is 1. The molecule has 0 bridgehead atoms. The molecule has 124 valence electrons. The van der Waals surface area contributed by atoms with E-state index in [0.29, 0.717) is 18.7 Å². The van der Waals surface area contributed by atoms with Crippen LogP contribution in [0.2, 0.25) is 0 Å². The molecule has 0 aliphatic heterocycles. The number of nitrogens with zero attached hydrogens (tertiary/aromatic N) is 1. The highest BCUT2D eigenvalue weighted by molar-refractivity contribution is 5.79. The molecule has 0 heterocycles. The summed E-state index contributed by atoms with van der Waals surface area (Å²) >= 11 is 0. The molecule has 1 aromatic carbocycles. The number of ether oxygens (including phenoxy) is 1. The third kappa shape index (κ3) is 6.06. The zero-order valence-electron chi connectivity index (χ0n) is 14.5. The Morgan fingerprint density at radius 2 is 1.73 bits per heavy atom. The lowest BCUT2D eigenvalue weighted by Crippen LogP contribution is -2.41. The van der Waals surface area contributed by atoms with Gasteiger partial charge in [0.1, 0.15) is 6.04 Å². The van der Waals surface area contributed by atoms with Gasteiger partial charge in [-0.2, -0.15) is 0 Å². The molecule has 0 fully saturated rings. The highest BCUT2D eigenvalue weighted by Gasteiger charge is 2.22. The second-order valence-corrected chi connectivity index (χ2v) is 6.03. The number of hydrogen-bond donors (Lipinski definition) is 1. The predicted octanol–water partition coefficient (Wildman–Crippen LogP) is 3.54. The Morgan fingerprint density at radius 3 is 2.23 bits per heavy atom. The van der Waals surface area contributed by atoms with Crippen LogP contribution >= 0.6 is 0 Å². The molecule has 0 radical (unpaired) electrons. The van der Waals surface area contributed by atoms with E-state index >= 15 is 0 Å². The minimum Gasteiger partial charge on any atom is -0.464 e. The van der Waals surface area contributed by atoms with Crippen molar-refractivity contribution in [1.82, 2.24) is 4.90 Å². The molecule has 1 atom stereocenters. The van der Waals surface area contributed by atoms with Crippen LogP contribution in [0.25, 0.3) is 0 Å². The fourth-order valence-electron chi connectivity index (χ4n) is 2.62. The van der Waals surface area contributed by atoms with Crippen LogP contribution in [-0.4, -0.2) is 42.1 Å². The molecule has 1 rings (SSSR count). The number of rotatable bonds is 9. The van der Waals surface area contributed by atoms with E-state index in [0.717, 1.165) is 18.7 Å². The number of hydrogen-bond acceptors (Lipinski definition) is 4. The van der Waals surface area contributed by atoms with Gasteiger partial charge in [-0.3, -0.25) is 4.90 Å². The largest absolute Gasteiger partial charge is 0.464 e. The molecule has 4 heteroatoms. The summed E-state index contributed by atoms with van der Waals surface area (Å²) in [5, 5.41) is 3.30. The van der Waals surface area contributed by atoms with E-state index in [1.807, 2.05) is 37.3 Å². The molecular formula is C18H30N2O2. The third-order valence-electron chi connectivity index (χ3n) is 3.69. The third-order valence-corrected chi connectivity index (χ3v) is 3.69. The maximum absolute atomic E-state index is 12.2. The monoisotopic (exact) mass is 306 g/mol. The second kappa shape index (κ2) is 9.46. The van der Waals surface area contributed by atoms with Crippen molar-refractivity contribution in [3.63, 3.8) is 0 Å². The molecule has 1 unspecified atom stereocenters. The maximum Gasteiger partial charge on any atom is 0.328 e. The average molecular weight is 306 g/mol. The average Bonchev–Trinajstić information content (AvgIpc) is 2.46. The number of carbonyl (C=O) groups is 1. The van der Waals surface area contributed by atoms with Crippen LogP contribution in [0.15, 0.2) is 30.3 Å². The SMILES string of the molecule is CCOC(=O)C(CCN(C(C)C)C(C)C)Nc1ccccc1. The van der Waals surface area contributed by atoms with E-state index in [1.54, 1.807) is 0 Å². The molecule has 1 aromatic rings. The topological polar surface area (TPSA) is 41.6 Å². The van der Waals surface area contributed by atoms with Gasteiger partial charge in [-0.25, -0.2) is 4.79 Å². The summed E-state index contributed by atoms with van der Waals surface area (Å²) in [6.45, 7) is 11.8. The van der Waals surface area contributed by atoms with Crippen LogP contribution in [0.1, 0.15) is 41.0 Å². The Kier molecular flexibility index (Phi) is 7.96. The quantitative estimate of drug-likeness (QED) is 0.709. The first kappa shape index (κ1) is 18.5. The standard InChI is InChI=1S/C18H30N2O2/c1-6-22-18(21)17(19-16-10-8-7-9-11-16)12-13-20(14(2)3)15(4)5/h7-11,14-15,17,19H,6,12-13H2,1-5H3. The molecular weight excluding hydrogens is 276 g/mol. The summed E-state index contributed by atoms with van der Waals surface area (Å²) in [6.07, 6.45) is 0.726. The highest BCUT2D eigenvalue weighted by Crippen LogP contribution is 2.13. The number of esters is 1. The van der Waals surface area contributed by atoms with E-state index in [1.165, 1.54) is 0 Å². The van der Waals surface area contributed by atoms with Gasteiger partial charge in [-0.15, -0.1) is 0 Å². The summed E-state index contributed by atoms with van der Waals surface area (Å²) in [6, 6.07) is 10.4. The van der Waals surface area contributed by atoms with E-state index in [4.69, 9.17) is 4.74 Å². The normalized spacial score (nSPS) is 12.7. The van der Waals surface area contributed by atoms with Gasteiger partial charge in [0.05, 0.1) is 6.61 Å². The second-order valence-electron chi connectivity index (χ2n) is 6.03. The molecule has 0 aromatic heterocycles. The first-order valence-electron chi connectivity index (χ1n) is 8.19. The Morgan fingerprint density at radius 1 is 1.14 bits per heavy atom. The molecule has 0 aliphatic carbocycles. The van der Waals surface area contributed by atoms with E-state index < -0.39 is 0 Å². The molecule has 0 aliphatic rings. The summed E-state index contributed by atoms with van der Waals surface area (Å²) in [5.74, 6) is -0.182. The molecule has 0 spiro atoms. The van der Waals surface area contributed by atoms with Crippen LogP contribution in [-0.2, 0) is 9.53 Å². The minimum atomic E-state index is -0.317. The van der Waals surface area contributed by atoms with Crippen LogP contribution in [0.5, 0.6) is 0 Å². The van der Waals surface area contributed by atoms with Gasteiger partial charge in [-0.05, 0) is 53.2 Å². The van der Waals surface area contributed by atoms with Crippen molar-refractivity contribution in [3.05, 3.63) is 30.3 Å². The first-order valence-corrected chi connectivity index (χ1v) is 8.19. The summed E-state index contributed by atoms with van der Waals surface area (Å²) in [5.41, 5.74) is 0.946. The molecule has 1 N–H and O–H groups in total. The van der Waals surface area contributed by atoms with Crippen LogP contribution in [0.4, 0.5) is 5.69 Å². The lowest BCUT2D eigenvalue weighted by molar-refractivity contribution is -0.144. The van der Waals surface area contributed by atoms with Crippen LogP contribution < -0.4 is 5.32 Å². The highest BCUT2D eigenvalue weighted by atomic mass is 16.5. The molecule has 4 nitrogen and oxygen atoms in total. The predicted molar refractivity (Wildman–Crippen MR) is 92.1 cm³/mol. The number of anilines is 1. The Bertz CT molecular complexity index is 424. The maximum atomic E-state index is 12.2. The zero-order valence-corrected chi connectivity index (χ0v) is 14.5. The van der Waals surface area contributed by atoms with Gasteiger partial charge >= 0.3 is 5.97 Å². The van der Waals surface area contributed by atoms with Gasteiger partial charge in [-0.1, -0.05) is 18.2 Å². The molecule has 0 amide bonds. The fourth-order valence-corrected chi connectivity index (χ4v) is 2.62. The van der Waals surface area contributed by atoms with E-state index in [9.17, 15) is 4.79 Å². The van der Waals surface area contributed by atoms with Gasteiger partial charge in [0, 0.05) is 24.3 Å². The van der Waals surface area contributed by atoms with Crippen molar-refractivity contribution in [1.29, 1.82) is 0 Å². The molecule has 22 heavy (non-hydrogen) atoms. The van der Waals surface area contributed by atoms with Crippen LogP contribution in [0, 0.1) is 0 Å². The number of benzene rings is 1.